The number of hydrogen-bond donors (Lipinski definition) is 3. The highest BCUT2D eigenvalue weighted by Crippen LogP contribution is 2.10. The molecule has 1 aromatic carbocycles. The van der Waals surface area contributed by atoms with Crippen molar-refractivity contribution in [1.29, 1.82) is 0 Å². The second-order valence-corrected chi connectivity index (χ2v) is 6.81. The van der Waals surface area contributed by atoms with Crippen LogP contribution in [0, 0.1) is 5.92 Å². The molecule has 0 aromatic heterocycles. The zero-order chi connectivity index (χ0) is 18.2. The molecule has 1 aromatic rings. The van der Waals surface area contributed by atoms with E-state index >= 15 is 0 Å². The minimum Gasteiger partial charge on any atom is -0.409 e. The van der Waals surface area contributed by atoms with Gasteiger partial charge < -0.3 is 15.4 Å². The summed E-state index contributed by atoms with van der Waals surface area (Å²) in [4.78, 5) is 1.94. The third-order valence-electron chi connectivity index (χ3n) is 4.21. The summed E-state index contributed by atoms with van der Waals surface area (Å²) in [7, 11) is 1.92. The molecule has 0 saturated heterocycles. The molecule has 0 saturated carbocycles. The molecule has 0 heterocycles. The van der Waals surface area contributed by atoms with Gasteiger partial charge in [-0.25, -0.2) is 0 Å². The third kappa shape index (κ3) is 6.58. The predicted molar refractivity (Wildman–Crippen MR) is 102 cm³/mol. The van der Waals surface area contributed by atoms with Gasteiger partial charge in [-0.3, -0.25) is 5.43 Å². The van der Waals surface area contributed by atoms with Gasteiger partial charge in [0.2, 0.25) is 0 Å². The van der Waals surface area contributed by atoms with E-state index in [0.717, 1.165) is 24.5 Å². The molecule has 0 spiro atoms. The summed E-state index contributed by atoms with van der Waals surface area (Å²) >= 11 is 0. The van der Waals surface area contributed by atoms with Crippen molar-refractivity contribution < 1.29 is 5.21 Å². The van der Waals surface area contributed by atoms with Crippen LogP contribution in [0.5, 0.6) is 0 Å². The minimum absolute atomic E-state index is 0.214. The maximum absolute atomic E-state index is 8.81. The summed E-state index contributed by atoms with van der Waals surface area (Å²) in [6.45, 7) is 11.9. The van der Waals surface area contributed by atoms with Crippen molar-refractivity contribution in [3.8, 4) is 0 Å². The Morgan fingerprint density at radius 3 is 2.46 bits per heavy atom. The summed E-state index contributed by atoms with van der Waals surface area (Å²) in [5.41, 5.74) is 4.84. The van der Waals surface area contributed by atoms with Crippen molar-refractivity contribution in [1.82, 2.24) is 10.2 Å². The highest BCUT2D eigenvalue weighted by molar-refractivity contribution is 5.91. The van der Waals surface area contributed by atoms with Crippen molar-refractivity contribution in [2.75, 3.05) is 25.6 Å². The standard InChI is InChI=1S/C18H31N5O/c1-14(13-23(6)16(3)22-24)12-19-18(4,5)15(2)20-21-17-10-8-7-9-11-17/h7-11,14,19,21,24H,12-13H2,1-6H3. The van der Waals surface area contributed by atoms with E-state index in [1.54, 1.807) is 6.92 Å². The van der Waals surface area contributed by atoms with Crippen LogP contribution in [0.3, 0.4) is 0 Å². The lowest BCUT2D eigenvalue weighted by Crippen LogP contribution is -2.48. The molecule has 24 heavy (non-hydrogen) atoms. The third-order valence-corrected chi connectivity index (χ3v) is 4.21. The zero-order valence-electron chi connectivity index (χ0n) is 15.7. The summed E-state index contributed by atoms with van der Waals surface area (Å²) in [5, 5.41) is 20.1. The maximum Gasteiger partial charge on any atom is 0.140 e. The van der Waals surface area contributed by atoms with E-state index in [-0.39, 0.29) is 5.54 Å². The molecule has 6 heteroatoms. The largest absolute Gasteiger partial charge is 0.409 e. The zero-order valence-corrected chi connectivity index (χ0v) is 15.7. The molecule has 0 radical (unpaired) electrons. The molecule has 1 unspecified atom stereocenters. The number of nitrogens with zero attached hydrogens (tertiary/aromatic N) is 3. The molecule has 6 nitrogen and oxygen atoms in total. The highest BCUT2D eigenvalue weighted by Gasteiger charge is 2.22. The van der Waals surface area contributed by atoms with Gasteiger partial charge >= 0.3 is 0 Å². The van der Waals surface area contributed by atoms with Crippen LogP contribution < -0.4 is 10.7 Å². The van der Waals surface area contributed by atoms with Gasteiger partial charge in [-0.1, -0.05) is 30.3 Å². The predicted octanol–water partition coefficient (Wildman–Crippen LogP) is 3.22. The molecule has 0 aliphatic heterocycles. The maximum atomic E-state index is 8.81. The number of anilines is 1. The van der Waals surface area contributed by atoms with E-state index in [2.05, 4.69) is 41.8 Å². The molecular weight excluding hydrogens is 302 g/mol. The Morgan fingerprint density at radius 1 is 1.25 bits per heavy atom. The fraction of sp³-hybridized carbons (Fsp3) is 0.556. The Bertz CT molecular complexity index is 554. The smallest absolute Gasteiger partial charge is 0.140 e. The van der Waals surface area contributed by atoms with Crippen molar-refractivity contribution in [3.05, 3.63) is 30.3 Å². The number of hydrazone groups is 1. The van der Waals surface area contributed by atoms with Gasteiger partial charge in [-0.05, 0) is 45.7 Å². The number of nitrogens with one attached hydrogen (secondary N) is 2. The van der Waals surface area contributed by atoms with E-state index in [9.17, 15) is 0 Å². The van der Waals surface area contributed by atoms with E-state index in [1.807, 2.05) is 49.2 Å². The fourth-order valence-corrected chi connectivity index (χ4v) is 2.10. The Balaban J connectivity index is 2.52. The van der Waals surface area contributed by atoms with Crippen LogP contribution in [0.25, 0.3) is 0 Å². The van der Waals surface area contributed by atoms with E-state index in [4.69, 9.17) is 5.21 Å². The first-order chi connectivity index (χ1) is 11.3. The summed E-state index contributed by atoms with van der Waals surface area (Å²) in [6.07, 6.45) is 0. The van der Waals surface area contributed by atoms with Crippen LogP contribution in [-0.4, -0.2) is 47.3 Å². The van der Waals surface area contributed by atoms with Gasteiger partial charge in [0.05, 0.1) is 16.9 Å². The molecule has 3 N–H and O–H groups in total. The summed E-state index contributed by atoms with van der Waals surface area (Å²) in [6, 6.07) is 9.91. The monoisotopic (exact) mass is 333 g/mol. The lowest BCUT2D eigenvalue weighted by molar-refractivity contribution is 0.296. The van der Waals surface area contributed by atoms with E-state index in [1.165, 1.54) is 0 Å². The first-order valence-electron chi connectivity index (χ1n) is 8.27. The first kappa shape index (κ1) is 20.0. The van der Waals surface area contributed by atoms with Crippen LogP contribution >= 0.6 is 0 Å². The molecule has 0 bridgehead atoms. The Labute approximate surface area is 145 Å². The van der Waals surface area contributed by atoms with E-state index < -0.39 is 0 Å². The molecule has 134 valence electrons. The number of para-hydroxylation sites is 1. The molecule has 0 amide bonds. The second-order valence-electron chi connectivity index (χ2n) is 6.81. The van der Waals surface area contributed by atoms with Crippen LogP contribution in [0.4, 0.5) is 5.69 Å². The van der Waals surface area contributed by atoms with Crippen LogP contribution in [0.15, 0.2) is 40.6 Å². The van der Waals surface area contributed by atoms with Gasteiger partial charge in [0.15, 0.2) is 0 Å². The van der Waals surface area contributed by atoms with Crippen molar-refractivity contribution >= 4 is 17.2 Å². The van der Waals surface area contributed by atoms with Gasteiger partial charge in [0.1, 0.15) is 5.84 Å². The van der Waals surface area contributed by atoms with Crippen molar-refractivity contribution in [3.63, 3.8) is 0 Å². The van der Waals surface area contributed by atoms with Crippen LogP contribution in [0.1, 0.15) is 34.6 Å². The molecule has 0 aliphatic rings. The van der Waals surface area contributed by atoms with Gasteiger partial charge in [0.25, 0.3) is 0 Å². The van der Waals surface area contributed by atoms with Gasteiger partial charge in [-0.2, -0.15) is 5.10 Å². The second kappa shape index (κ2) is 9.27. The van der Waals surface area contributed by atoms with Crippen molar-refractivity contribution in [2.45, 2.75) is 40.2 Å². The number of amidine groups is 1. The molecule has 0 aliphatic carbocycles. The van der Waals surface area contributed by atoms with Gasteiger partial charge in [-0.15, -0.1) is 0 Å². The normalized spacial score (nSPS) is 14.4. The number of hydrogen-bond acceptors (Lipinski definition) is 5. The van der Waals surface area contributed by atoms with Crippen LogP contribution in [-0.2, 0) is 0 Å². The average molecular weight is 333 g/mol. The molecule has 1 rings (SSSR count). The SMILES string of the molecule is CC(=NO)N(C)CC(C)CNC(C)(C)C(C)=NNc1ccccc1. The van der Waals surface area contributed by atoms with E-state index in [0.29, 0.717) is 11.8 Å². The number of rotatable bonds is 8. The molecule has 1 atom stereocenters. The van der Waals surface area contributed by atoms with Crippen LogP contribution in [0.2, 0.25) is 0 Å². The molecule has 0 fully saturated rings. The van der Waals surface area contributed by atoms with Gasteiger partial charge in [0, 0.05) is 20.1 Å². The first-order valence-corrected chi connectivity index (χ1v) is 8.27. The Hall–Kier alpha value is -2.08. The Kier molecular flexibility index (Phi) is 7.71. The topological polar surface area (TPSA) is 72.2 Å². The lowest BCUT2D eigenvalue weighted by atomic mass is 9.98. The Morgan fingerprint density at radius 2 is 1.88 bits per heavy atom. The number of oxime groups is 1. The summed E-state index contributed by atoms with van der Waals surface area (Å²) in [5.74, 6) is 1.02. The summed E-state index contributed by atoms with van der Waals surface area (Å²) < 4.78 is 0. The number of benzene rings is 1. The average Bonchev–Trinajstić information content (AvgIpc) is 2.57. The lowest BCUT2D eigenvalue weighted by Gasteiger charge is -2.29. The van der Waals surface area contributed by atoms with Crippen molar-refractivity contribution in [2.24, 2.45) is 16.2 Å². The fourth-order valence-electron chi connectivity index (χ4n) is 2.10. The minimum atomic E-state index is -0.214. The molecular formula is C18H31N5O. The highest BCUT2D eigenvalue weighted by atomic mass is 16.4. The quantitative estimate of drug-likeness (QED) is 0.296.